The summed E-state index contributed by atoms with van der Waals surface area (Å²) in [5, 5.41) is 22.1. The molecule has 0 saturated carbocycles. The molecule has 1 amide bonds. The lowest BCUT2D eigenvalue weighted by molar-refractivity contribution is 0.103. The average molecular weight is 540 g/mol. The smallest absolute Gasteiger partial charge is 0.267 e. The molecule has 1 atom stereocenters. The highest BCUT2D eigenvalue weighted by atomic mass is 32.1. The first kappa shape index (κ1) is 24.8. The third kappa shape index (κ3) is 4.87. The fourth-order valence-corrected chi connectivity index (χ4v) is 5.64. The van der Waals surface area contributed by atoms with Crippen molar-refractivity contribution < 1.29 is 9.90 Å². The number of aliphatic hydroxyl groups is 1. The minimum absolute atomic E-state index is 0.214. The number of hydrogen-bond acceptors (Lipinski definition) is 9. The third-order valence-electron chi connectivity index (χ3n) is 6.83. The van der Waals surface area contributed by atoms with E-state index in [1.165, 1.54) is 11.3 Å². The quantitative estimate of drug-likeness (QED) is 0.218. The van der Waals surface area contributed by atoms with E-state index in [9.17, 15) is 19.5 Å². The summed E-state index contributed by atoms with van der Waals surface area (Å²) < 4.78 is 0. The number of anilines is 5. The minimum atomic E-state index is -0.586. The van der Waals surface area contributed by atoms with Crippen LogP contribution in [0.1, 0.15) is 21.7 Å². The highest BCUT2D eigenvalue weighted by Crippen LogP contribution is 2.29. The zero-order valence-electron chi connectivity index (χ0n) is 20.8. The Morgan fingerprint density at radius 1 is 1.05 bits per heavy atom. The van der Waals surface area contributed by atoms with Gasteiger partial charge in [0.05, 0.1) is 17.3 Å². The van der Waals surface area contributed by atoms with Crippen molar-refractivity contribution in [3.63, 3.8) is 0 Å². The van der Waals surface area contributed by atoms with E-state index in [0.29, 0.717) is 48.0 Å². The number of carbonyl (C=O) groups excluding carboxylic acids is 1. The second kappa shape index (κ2) is 10.3. The molecule has 4 N–H and O–H groups in total. The molecule has 0 spiro atoms. The van der Waals surface area contributed by atoms with Gasteiger partial charge in [0, 0.05) is 42.6 Å². The van der Waals surface area contributed by atoms with Crippen molar-refractivity contribution in [3.05, 3.63) is 103 Å². The van der Waals surface area contributed by atoms with Gasteiger partial charge in [0.15, 0.2) is 0 Å². The number of aromatic nitrogens is 1. The standard InChI is InChI=1S/C29H25N5O4S/c35-20-9-12-34(16-20)25-24(26(36)27(25)37)32-18-4-3-5-19(14-18)33-29(38)28-23(10-13-39-28)31-15-17-8-11-30-22-7-2-1-6-21(17)22/h1-8,10-11,13-14,20,31-32,35H,9,12,15-16H2,(H,33,38). The molecular weight excluding hydrogens is 514 g/mol. The first-order chi connectivity index (χ1) is 19.0. The van der Waals surface area contributed by atoms with Gasteiger partial charge in [-0.2, -0.15) is 0 Å². The summed E-state index contributed by atoms with van der Waals surface area (Å²) >= 11 is 1.34. The van der Waals surface area contributed by atoms with Crippen LogP contribution in [-0.2, 0) is 6.54 Å². The topological polar surface area (TPSA) is 124 Å². The van der Waals surface area contributed by atoms with E-state index in [-0.39, 0.29) is 11.6 Å². The van der Waals surface area contributed by atoms with Gasteiger partial charge in [-0.05, 0) is 53.8 Å². The molecule has 0 aliphatic carbocycles. The van der Waals surface area contributed by atoms with Gasteiger partial charge in [-0.3, -0.25) is 19.4 Å². The fourth-order valence-electron chi connectivity index (χ4n) is 4.87. The monoisotopic (exact) mass is 539 g/mol. The summed E-state index contributed by atoms with van der Waals surface area (Å²) in [5.41, 5.74) is 3.23. The molecule has 10 heteroatoms. The van der Waals surface area contributed by atoms with Crippen LogP contribution in [0.4, 0.5) is 28.4 Å². The van der Waals surface area contributed by atoms with Gasteiger partial charge in [0.2, 0.25) is 0 Å². The molecule has 3 aromatic carbocycles. The maximum Gasteiger partial charge on any atom is 0.267 e. The van der Waals surface area contributed by atoms with Crippen molar-refractivity contribution in [1.82, 2.24) is 4.98 Å². The van der Waals surface area contributed by atoms with Crippen molar-refractivity contribution in [2.75, 3.05) is 33.9 Å². The Balaban J connectivity index is 1.15. The molecule has 6 rings (SSSR count). The van der Waals surface area contributed by atoms with Gasteiger partial charge >= 0.3 is 0 Å². The number of rotatable bonds is 8. The minimum Gasteiger partial charge on any atom is -0.391 e. The molecule has 5 aromatic rings. The van der Waals surface area contributed by atoms with Gasteiger partial charge in [-0.15, -0.1) is 11.3 Å². The molecule has 9 nitrogen and oxygen atoms in total. The van der Waals surface area contributed by atoms with Crippen molar-refractivity contribution in [2.24, 2.45) is 0 Å². The van der Waals surface area contributed by atoms with Crippen molar-refractivity contribution in [1.29, 1.82) is 0 Å². The molecule has 2 aromatic heterocycles. The van der Waals surface area contributed by atoms with E-state index in [1.54, 1.807) is 35.4 Å². The average Bonchev–Trinajstić information content (AvgIpc) is 3.60. The van der Waals surface area contributed by atoms with E-state index in [1.807, 2.05) is 41.8 Å². The van der Waals surface area contributed by atoms with E-state index < -0.39 is 17.0 Å². The molecule has 1 aliphatic rings. The number of thiophene rings is 1. The number of hydrogen-bond donors (Lipinski definition) is 4. The number of benzene rings is 2. The zero-order chi connectivity index (χ0) is 26.9. The Bertz CT molecular complexity index is 1750. The van der Waals surface area contributed by atoms with Crippen LogP contribution in [0.3, 0.4) is 0 Å². The number of nitrogens with zero attached hydrogens (tertiary/aromatic N) is 2. The normalized spacial score (nSPS) is 15.1. The zero-order valence-corrected chi connectivity index (χ0v) is 21.6. The highest BCUT2D eigenvalue weighted by Gasteiger charge is 2.30. The van der Waals surface area contributed by atoms with Crippen molar-refractivity contribution in [2.45, 2.75) is 19.1 Å². The van der Waals surface area contributed by atoms with Crippen molar-refractivity contribution in [3.8, 4) is 0 Å². The third-order valence-corrected chi connectivity index (χ3v) is 7.75. The number of aliphatic hydroxyl groups excluding tert-OH is 1. The predicted octanol–water partition coefficient (Wildman–Crippen LogP) is 4.07. The van der Waals surface area contributed by atoms with Crippen LogP contribution >= 0.6 is 11.3 Å². The van der Waals surface area contributed by atoms with Crippen LogP contribution < -0.4 is 31.7 Å². The second-order valence-electron chi connectivity index (χ2n) is 9.43. The van der Waals surface area contributed by atoms with E-state index in [0.717, 1.165) is 22.2 Å². The second-order valence-corrected chi connectivity index (χ2v) is 10.4. The largest absolute Gasteiger partial charge is 0.391 e. The maximum atomic E-state index is 13.2. The number of carbonyl (C=O) groups is 1. The molecule has 1 aliphatic heterocycles. The summed E-state index contributed by atoms with van der Waals surface area (Å²) in [6.45, 7) is 1.38. The lowest BCUT2D eigenvalue weighted by atomic mass is 10.1. The first-order valence-corrected chi connectivity index (χ1v) is 13.4. The SMILES string of the molecule is O=C(Nc1cccc(Nc2c(N3CCC(O)C3)c(=O)c2=O)c1)c1sccc1NCc1ccnc2ccccc12. The molecule has 1 saturated heterocycles. The Hall–Kier alpha value is -4.54. The lowest BCUT2D eigenvalue weighted by Gasteiger charge is -2.22. The number of pyridine rings is 1. The number of β-amino-alcohol motifs (C(OH)–C–C–N with tert-alkyl or cyclic N) is 1. The maximum absolute atomic E-state index is 13.2. The van der Waals surface area contributed by atoms with Crippen molar-refractivity contribution >= 4 is 56.6 Å². The summed E-state index contributed by atoms with van der Waals surface area (Å²) in [5.74, 6) is -0.259. The van der Waals surface area contributed by atoms with Gasteiger partial charge in [0.25, 0.3) is 16.8 Å². The number of fused-ring (bicyclic) bond motifs is 1. The van der Waals surface area contributed by atoms with Crippen LogP contribution in [0.15, 0.2) is 81.8 Å². The van der Waals surface area contributed by atoms with Crippen LogP contribution in [0, 0.1) is 0 Å². The van der Waals surface area contributed by atoms with Crippen LogP contribution in [0.2, 0.25) is 0 Å². The van der Waals surface area contributed by atoms with Crippen LogP contribution in [0.25, 0.3) is 10.9 Å². The molecule has 3 heterocycles. The Morgan fingerprint density at radius 3 is 2.74 bits per heavy atom. The van der Waals surface area contributed by atoms with Crippen LogP contribution in [0.5, 0.6) is 0 Å². The first-order valence-electron chi connectivity index (χ1n) is 12.6. The highest BCUT2D eigenvalue weighted by molar-refractivity contribution is 7.12. The molecule has 0 radical (unpaired) electrons. The lowest BCUT2D eigenvalue weighted by Crippen LogP contribution is -2.41. The molecule has 39 heavy (non-hydrogen) atoms. The summed E-state index contributed by atoms with van der Waals surface area (Å²) in [6.07, 6.45) is 1.82. The Morgan fingerprint density at radius 2 is 1.90 bits per heavy atom. The summed E-state index contributed by atoms with van der Waals surface area (Å²) in [7, 11) is 0. The Labute approximate surface area is 227 Å². The predicted molar refractivity (Wildman–Crippen MR) is 155 cm³/mol. The molecule has 1 fully saturated rings. The van der Waals surface area contributed by atoms with E-state index in [2.05, 4.69) is 20.9 Å². The molecule has 1 unspecified atom stereocenters. The van der Waals surface area contributed by atoms with Gasteiger partial charge in [-0.1, -0.05) is 24.3 Å². The van der Waals surface area contributed by atoms with Gasteiger partial charge < -0.3 is 26.0 Å². The Kier molecular flexibility index (Phi) is 6.55. The van der Waals surface area contributed by atoms with Crippen LogP contribution in [-0.4, -0.2) is 35.2 Å². The summed E-state index contributed by atoms with van der Waals surface area (Å²) in [4.78, 5) is 44.3. The molecule has 196 valence electrons. The summed E-state index contributed by atoms with van der Waals surface area (Å²) in [6, 6.07) is 18.8. The molecule has 0 bridgehead atoms. The number of para-hydroxylation sites is 1. The number of nitrogens with one attached hydrogen (secondary N) is 3. The van der Waals surface area contributed by atoms with E-state index >= 15 is 0 Å². The van der Waals surface area contributed by atoms with Gasteiger partial charge in [0.1, 0.15) is 16.3 Å². The fraction of sp³-hybridized carbons (Fsp3) is 0.172. The van der Waals surface area contributed by atoms with Gasteiger partial charge in [-0.25, -0.2) is 0 Å². The number of amides is 1. The van der Waals surface area contributed by atoms with E-state index in [4.69, 9.17) is 0 Å². The molecular formula is C29H25N5O4S.